The lowest BCUT2D eigenvalue weighted by Crippen LogP contribution is -2.29. The molecule has 0 spiro atoms. The van der Waals surface area contributed by atoms with Crippen LogP contribution in [0.25, 0.3) is 22.1 Å². The standard InChI is InChI=1S/C25H35BrClN3O2/c1-4-18(5-2)10-9-17(3)16-28-25(31)22-24-23(30(29-22)14-8-6-7-13-27)20-12-11-19(26)15-21(20)32-24/h11-12,15,17-18H,4-10,13-14,16H2,1-3H3,(H,28,31). The van der Waals surface area contributed by atoms with Gasteiger partial charge in [-0.15, -0.1) is 11.6 Å². The lowest BCUT2D eigenvalue weighted by atomic mass is 9.93. The van der Waals surface area contributed by atoms with Gasteiger partial charge < -0.3 is 9.73 Å². The van der Waals surface area contributed by atoms with Crippen LogP contribution in [0.3, 0.4) is 0 Å². The highest BCUT2D eigenvalue weighted by atomic mass is 79.9. The van der Waals surface area contributed by atoms with Crippen LogP contribution in [0.2, 0.25) is 0 Å². The van der Waals surface area contributed by atoms with E-state index in [9.17, 15) is 4.79 Å². The Hall–Kier alpha value is -1.53. The number of hydrogen-bond donors (Lipinski definition) is 1. The number of fused-ring (bicyclic) bond motifs is 3. The topological polar surface area (TPSA) is 60.1 Å². The fourth-order valence-electron chi connectivity index (χ4n) is 4.20. The number of carbonyl (C=O) groups excluding carboxylic acids is 1. The van der Waals surface area contributed by atoms with Crippen LogP contribution in [0.15, 0.2) is 27.1 Å². The Morgan fingerprint density at radius 2 is 2.00 bits per heavy atom. The second-order valence-corrected chi connectivity index (χ2v) is 10.1. The van der Waals surface area contributed by atoms with Gasteiger partial charge >= 0.3 is 0 Å². The molecule has 0 bridgehead atoms. The Morgan fingerprint density at radius 1 is 1.22 bits per heavy atom. The zero-order valence-electron chi connectivity index (χ0n) is 19.4. The van der Waals surface area contributed by atoms with E-state index in [1.807, 2.05) is 22.9 Å². The summed E-state index contributed by atoms with van der Waals surface area (Å²) in [5, 5.41) is 8.74. The molecule has 0 radical (unpaired) electrons. The van der Waals surface area contributed by atoms with Gasteiger partial charge in [-0.05, 0) is 49.3 Å². The third-order valence-corrected chi connectivity index (χ3v) is 7.13. The van der Waals surface area contributed by atoms with E-state index >= 15 is 0 Å². The molecule has 1 atom stereocenters. The van der Waals surface area contributed by atoms with Crippen LogP contribution in [0, 0.1) is 11.8 Å². The van der Waals surface area contributed by atoms with Crippen molar-refractivity contribution < 1.29 is 9.21 Å². The third kappa shape index (κ3) is 6.07. The number of amides is 1. The number of nitrogens with zero attached hydrogens (tertiary/aromatic N) is 2. The molecule has 0 aliphatic rings. The SMILES string of the molecule is CCC(CC)CCC(C)CNC(=O)c1nn(CCCCCCl)c2c1oc1cc(Br)ccc12. The first-order chi connectivity index (χ1) is 15.5. The van der Waals surface area contributed by atoms with E-state index in [2.05, 4.69) is 47.1 Å². The fraction of sp³-hybridized carbons (Fsp3) is 0.600. The number of carbonyl (C=O) groups is 1. The molecule has 32 heavy (non-hydrogen) atoms. The Balaban J connectivity index is 1.77. The van der Waals surface area contributed by atoms with Crippen molar-refractivity contribution in [3.8, 4) is 0 Å². The largest absolute Gasteiger partial charge is 0.452 e. The third-order valence-electron chi connectivity index (χ3n) is 6.37. The summed E-state index contributed by atoms with van der Waals surface area (Å²) in [7, 11) is 0. The normalized spacial score (nSPS) is 12.8. The predicted octanol–water partition coefficient (Wildman–Crippen LogP) is 7.54. The summed E-state index contributed by atoms with van der Waals surface area (Å²) in [6, 6.07) is 5.95. The Morgan fingerprint density at radius 3 is 2.72 bits per heavy atom. The Labute approximate surface area is 204 Å². The predicted molar refractivity (Wildman–Crippen MR) is 137 cm³/mol. The van der Waals surface area contributed by atoms with Gasteiger partial charge in [-0.3, -0.25) is 9.48 Å². The van der Waals surface area contributed by atoms with Crippen LogP contribution in [0.5, 0.6) is 0 Å². The number of aryl methyl sites for hydroxylation is 1. The number of benzene rings is 1. The summed E-state index contributed by atoms with van der Waals surface area (Å²) in [5.41, 5.74) is 2.59. The number of halogens is 2. The minimum atomic E-state index is -0.165. The monoisotopic (exact) mass is 523 g/mol. The zero-order valence-corrected chi connectivity index (χ0v) is 21.8. The maximum atomic E-state index is 13.1. The molecule has 7 heteroatoms. The second kappa shape index (κ2) is 12.1. The van der Waals surface area contributed by atoms with E-state index in [0.29, 0.717) is 29.6 Å². The van der Waals surface area contributed by atoms with Gasteiger partial charge in [0.05, 0.1) is 0 Å². The van der Waals surface area contributed by atoms with E-state index in [-0.39, 0.29) is 5.91 Å². The molecule has 1 amide bonds. The molecule has 176 valence electrons. The molecule has 1 aromatic carbocycles. The summed E-state index contributed by atoms with van der Waals surface area (Å²) in [4.78, 5) is 13.1. The first-order valence-corrected chi connectivity index (χ1v) is 13.2. The summed E-state index contributed by atoms with van der Waals surface area (Å²) in [6.07, 6.45) is 7.74. The van der Waals surface area contributed by atoms with Gasteiger partial charge in [-0.25, -0.2) is 0 Å². The van der Waals surface area contributed by atoms with Crippen molar-refractivity contribution in [3.05, 3.63) is 28.4 Å². The van der Waals surface area contributed by atoms with Gasteiger partial charge in [0, 0.05) is 28.8 Å². The highest BCUT2D eigenvalue weighted by molar-refractivity contribution is 9.10. The number of unbranched alkanes of at least 4 members (excludes halogenated alkanes) is 2. The van der Waals surface area contributed by atoms with Gasteiger partial charge in [0.15, 0.2) is 11.3 Å². The molecule has 5 nitrogen and oxygen atoms in total. The lowest BCUT2D eigenvalue weighted by Gasteiger charge is -2.16. The van der Waals surface area contributed by atoms with E-state index in [1.165, 1.54) is 19.3 Å². The van der Waals surface area contributed by atoms with Crippen molar-refractivity contribution in [2.75, 3.05) is 12.4 Å². The average Bonchev–Trinajstić information content (AvgIpc) is 3.32. The summed E-state index contributed by atoms with van der Waals surface area (Å²) < 4.78 is 8.98. The van der Waals surface area contributed by atoms with Crippen LogP contribution in [-0.4, -0.2) is 28.1 Å². The average molecular weight is 525 g/mol. The molecule has 1 N–H and O–H groups in total. The number of rotatable bonds is 13. The molecule has 0 aliphatic heterocycles. The van der Waals surface area contributed by atoms with Crippen molar-refractivity contribution in [3.63, 3.8) is 0 Å². The number of aromatic nitrogens is 2. The van der Waals surface area contributed by atoms with Gasteiger partial charge in [-0.2, -0.15) is 5.10 Å². The highest BCUT2D eigenvalue weighted by Crippen LogP contribution is 2.33. The van der Waals surface area contributed by atoms with Crippen molar-refractivity contribution in [1.82, 2.24) is 15.1 Å². The second-order valence-electron chi connectivity index (χ2n) is 8.82. The van der Waals surface area contributed by atoms with Crippen LogP contribution in [0.1, 0.15) is 76.2 Å². The minimum Gasteiger partial charge on any atom is -0.452 e. The van der Waals surface area contributed by atoms with Gasteiger partial charge in [-0.1, -0.05) is 62.4 Å². The molecule has 3 rings (SSSR count). The number of hydrogen-bond acceptors (Lipinski definition) is 3. The molecule has 2 heterocycles. The minimum absolute atomic E-state index is 0.165. The van der Waals surface area contributed by atoms with Gasteiger partial charge in [0.2, 0.25) is 0 Å². The summed E-state index contributed by atoms with van der Waals surface area (Å²) in [5.74, 6) is 1.71. The quantitative estimate of drug-likeness (QED) is 0.186. The van der Waals surface area contributed by atoms with Crippen molar-refractivity contribution in [2.45, 2.75) is 72.3 Å². The number of nitrogens with one attached hydrogen (secondary N) is 1. The molecule has 1 unspecified atom stereocenters. The van der Waals surface area contributed by atoms with E-state index in [1.54, 1.807) is 0 Å². The Bertz CT molecular complexity index is 1030. The fourth-order valence-corrected chi connectivity index (χ4v) is 4.73. The first kappa shape index (κ1) is 25.1. The smallest absolute Gasteiger partial charge is 0.275 e. The van der Waals surface area contributed by atoms with Crippen LogP contribution < -0.4 is 5.32 Å². The van der Waals surface area contributed by atoms with Gasteiger partial charge in [0.1, 0.15) is 11.1 Å². The molecular weight excluding hydrogens is 490 g/mol. The van der Waals surface area contributed by atoms with Crippen LogP contribution in [-0.2, 0) is 6.54 Å². The van der Waals surface area contributed by atoms with E-state index in [4.69, 9.17) is 16.0 Å². The zero-order chi connectivity index (χ0) is 23.1. The van der Waals surface area contributed by atoms with Crippen molar-refractivity contribution >= 4 is 55.5 Å². The molecule has 3 aromatic rings. The first-order valence-electron chi connectivity index (χ1n) is 11.9. The number of furan rings is 1. The maximum Gasteiger partial charge on any atom is 0.275 e. The maximum absolute atomic E-state index is 13.1. The molecule has 0 aliphatic carbocycles. The van der Waals surface area contributed by atoms with E-state index < -0.39 is 0 Å². The number of alkyl halides is 1. The lowest BCUT2D eigenvalue weighted by molar-refractivity contribution is 0.0941. The Kier molecular flexibility index (Phi) is 9.47. The molecule has 2 aromatic heterocycles. The highest BCUT2D eigenvalue weighted by Gasteiger charge is 2.24. The summed E-state index contributed by atoms with van der Waals surface area (Å²) in [6.45, 7) is 8.09. The molecule has 0 saturated carbocycles. The van der Waals surface area contributed by atoms with Crippen LogP contribution >= 0.6 is 27.5 Å². The molecule has 0 saturated heterocycles. The van der Waals surface area contributed by atoms with E-state index in [0.717, 1.165) is 59.1 Å². The molecular formula is C25H35BrClN3O2. The van der Waals surface area contributed by atoms with Gasteiger partial charge in [0.25, 0.3) is 5.91 Å². The summed E-state index contributed by atoms with van der Waals surface area (Å²) >= 11 is 9.33. The van der Waals surface area contributed by atoms with Crippen molar-refractivity contribution in [1.29, 1.82) is 0 Å². The van der Waals surface area contributed by atoms with Crippen LogP contribution in [0.4, 0.5) is 0 Å². The van der Waals surface area contributed by atoms with Crippen molar-refractivity contribution in [2.24, 2.45) is 11.8 Å². The molecule has 0 fully saturated rings.